The predicted octanol–water partition coefficient (Wildman–Crippen LogP) is 12.5. The molecule has 2 heterocycles. The van der Waals surface area contributed by atoms with Crippen molar-refractivity contribution >= 4 is 76.3 Å². The van der Waals surface area contributed by atoms with Crippen LogP contribution in [0, 0.1) is 0 Å². The molecule has 0 fully saturated rings. The number of benzene rings is 9. The van der Waals surface area contributed by atoms with Crippen LogP contribution in [-0.4, -0.2) is 10.3 Å². The second-order valence-corrected chi connectivity index (χ2v) is 13.6. The van der Waals surface area contributed by atoms with Gasteiger partial charge in [-0.05, 0) is 90.6 Å². The highest BCUT2D eigenvalue weighted by Crippen LogP contribution is 2.41. The summed E-state index contributed by atoms with van der Waals surface area (Å²) >= 11 is 0. The first-order chi connectivity index (χ1) is 25.3. The summed E-state index contributed by atoms with van der Waals surface area (Å²) < 4.78 is 2.38. The van der Waals surface area contributed by atoms with Crippen LogP contribution in [0.1, 0.15) is 17.4 Å². The van der Waals surface area contributed by atoms with E-state index in [1.807, 2.05) is 0 Å². The van der Waals surface area contributed by atoms with Crippen molar-refractivity contribution in [3.63, 3.8) is 0 Å². The molecule has 1 aromatic heterocycles. The molecular formula is C48H31N3. The van der Waals surface area contributed by atoms with Crippen LogP contribution in [0.5, 0.6) is 0 Å². The van der Waals surface area contributed by atoms with Crippen LogP contribution in [0.15, 0.2) is 181 Å². The summed E-state index contributed by atoms with van der Waals surface area (Å²) in [5, 5.41) is 16.4. The lowest BCUT2D eigenvalue weighted by Gasteiger charge is -2.29. The number of rotatable bonds is 3. The third-order valence-corrected chi connectivity index (χ3v) is 10.8. The van der Waals surface area contributed by atoms with Crippen LogP contribution < -0.4 is 5.32 Å². The third kappa shape index (κ3) is 4.28. The lowest BCUT2D eigenvalue weighted by atomic mass is 9.90. The van der Waals surface area contributed by atoms with Gasteiger partial charge in [0.1, 0.15) is 0 Å². The third-order valence-electron chi connectivity index (χ3n) is 10.8. The van der Waals surface area contributed by atoms with Gasteiger partial charge >= 0.3 is 0 Å². The van der Waals surface area contributed by atoms with E-state index in [1.54, 1.807) is 0 Å². The first-order valence-electron chi connectivity index (χ1n) is 17.6. The average Bonchev–Trinajstić information content (AvgIpc) is 3.52. The molecule has 3 heteroatoms. The van der Waals surface area contributed by atoms with Crippen LogP contribution in [-0.2, 0) is 0 Å². The van der Waals surface area contributed by atoms with Gasteiger partial charge in [0.05, 0.1) is 16.7 Å². The van der Waals surface area contributed by atoms with Crippen molar-refractivity contribution in [2.45, 2.75) is 6.29 Å². The summed E-state index contributed by atoms with van der Waals surface area (Å²) in [6.45, 7) is 0. The fraction of sp³-hybridized carbons (Fsp3) is 0.0208. The molecule has 1 aliphatic rings. The van der Waals surface area contributed by atoms with E-state index in [1.165, 1.54) is 65.0 Å². The number of nitrogens with one attached hydrogen (secondary N) is 1. The van der Waals surface area contributed by atoms with Crippen LogP contribution in [0.2, 0.25) is 0 Å². The van der Waals surface area contributed by atoms with Gasteiger partial charge in [-0.25, -0.2) is 4.99 Å². The summed E-state index contributed by atoms with van der Waals surface area (Å²) in [5.41, 5.74) is 8.93. The zero-order valence-electron chi connectivity index (χ0n) is 27.7. The molecule has 238 valence electrons. The van der Waals surface area contributed by atoms with E-state index in [0.29, 0.717) is 0 Å². The Balaban J connectivity index is 1.19. The van der Waals surface area contributed by atoms with E-state index in [4.69, 9.17) is 4.99 Å². The molecule has 0 aliphatic carbocycles. The Bertz CT molecular complexity index is 3020. The molecule has 1 atom stereocenters. The molecule has 3 nitrogen and oxygen atoms in total. The number of nitrogens with zero attached hydrogens (tertiary/aromatic N) is 2. The van der Waals surface area contributed by atoms with Crippen LogP contribution in [0.4, 0.5) is 5.69 Å². The van der Waals surface area contributed by atoms with Crippen molar-refractivity contribution in [2.75, 3.05) is 5.32 Å². The molecule has 9 aromatic carbocycles. The Morgan fingerprint density at radius 2 is 0.980 bits per heavy atom. The largest absolute Gasteiger partial charge is 0.346 e. The van der Waals surface area contributed by atoms with Crippen molar-refractivity contribution in [2.24, 2.45) is 4.99 Å². The first kappa shape index (κ1) is 28.2. The molecular weight excluding hydrogens is 619 g/mol. The zero-order chi connectivity index (χ0) is 33.5. The van der Waals surface area contributed by atoms with Gasteiger partial charge in [-0.2, -0.15) is 0 Å². The average molecular weight is 650 g/mol. The van der Waals surface area contributed by atoms with Gasteiger partial charge in [-0.15, -0.1) is 0 Å². The first-order valence-corrected chi connectivity index (χ1v) is 17.6. The van der Waals surface area contributed by atoms with Gasteiger partial charge < -0.3 is 9.88 Å². The maximum Gasteiger partial charge on any atom is 0.201 e. The molecule has 51 heavy (non-hydrogen) atoms. The molecule has 0 radical (unpaired) electrons. The van der Waals surface area contributed by atoms with Crippen LogP contribution in [0.25, 0.3) is 76.0 Å². The van der Waals surface area contributed by atoms with Crippen molar-refractivity contribution in [3.05, 3.63) is 187 Å². The fourth-order valence-corrected chi connectivity index (χ4v) is 8.39. The van der Waals surface area contributed by atoms with Gasteiger partial charge in [0.25, 0.3) is 0 Å². The minimum atomic E-state index is -0.359. The zero-order valence-corrected chi connectivity index (χ0v) is 27.7. The lowest BCUT2D eigenvalue weighted by molar-refractivity contribution is 0.625. The van der Waals surface area contributed by atoms with Gasteiger partial charge in [0.15, 0.2) is 0 Å². The molecule has 1 aliphatic heterocycles. The smallest absolute Gasteiger partial charge is 0.201 e. The van der Waals surface area contributed by atoms with Crippen LogP contribution in [0.3, 0.4) is 0 Å². The van der Waals surface area contributed by atoms with Crippen molar-refractivity contribution in [1.82, 2.24) is 4.57 Å². The normalized spacial score (nSPS) is 14.4. The van der Waals surface area contributed by atoms with E-state index in [9.17, 15) is 0 Å². The number of anilines is 1. The number of aliphatic imine (C=N–C) groups is 1. The highest BCUT2D eigenvalue weighted by Gasteiger charge is 2.26. The number of aromatic nitrogens is 1. The Morgan fingerprint density at radius 1 is 0.392 bits per heavy atom. The highest BCUT2D eigenvalue weighted by molar-refractivity contribution is 6.27. The Labute approximate surface area is 294 Å². The minimum absolute atomic E-state index is 0.359. The quantitative estimate of drug-likeness (QED) is 0.190. The molecule has 0 bridgehead atoms. The molecule has 10 aromatic rings. The van der Waals surface area contributed by atoms with Crippen molar-refractivity contribution in [1.29, 1.82) is 0 Å². The standard InChI is InChI=1S/C48H31N3/c1-2-12-30(13-3-1)33-23-25-44-43(27-33)47(34-22-24-39-37-18-7-6-16-35(37)36-17-8-9-19-38(36)41(39)28-34)50-48(49-44)51-45-21-11-10-20-40(45)42-26-31-14-4-5-15-32(31)29-46(42)51/h1-29,48-49H. The molecule has 0 amide bonds. The van der Waals surface area contributed by atoms with Crippen molar-refractivity contribution < 1.29 is 0 Å². The summed E-state index contributed by atoms with van der Waals surface area (Å²) in [5.74, 6) is 0. The Kier molecular flexibility index (Phi) is 6.02. The highest BCUT2D eigenvalue weighted by atomic mass is 15.3. The summed E-state index contributed by atoms with van der Waals surface area (Å²) in [4.78, 5) is 5.67. The number of hydrogen-bond donors (Lipinski definition) is 1. The Hall–Kier alpha value is -6.71. The van der Waals surface area contributed by atoms with Crippen molar-refractivity contribution in [3.8, 4) is 11.1 Å². The van der Waals surface area contributed by atoms with Crippen LogP contribution >= 0.6 is 0 Å². The molecule has 1 N–H and O–H groups in total. The van der Waals surface area contributed by atoms with Gasteiger partial charge in [-0.1, -0.05) is 140 Å². The summed E-state index contributed by atoms with van der Waals surface area (Å²) in [6, 6.07) is 63.8. The number of fused-ring (bicyclic) bond motifs is 11. The molecule has 0 saturated carbocycles. The fourth-order valence-electron chi connectivity index (χ4n) is 8.39. The van der Waals surface area contributed by atoms with E-state index in [0.717, 1.165) is 33.6 Å². The number of para-hydroxylation sites is 1. The minimum Gasteiger partial charge on any atom is -0.346 e. The monoisotopic (exact) mass is 649 g/mol. The van der Waals surface area contributed by atoms with E-state index in [2.05, 4.69) is 186 Å². The van der Waals surface area contributed by atoms with Gasteiger partial charge in [-0.3, -0.25) is 0 Å². The predicted molar refractivity (Wildman–Crippen MR) is 216 cm³/mol. The maximum absolute atomic E-state index is 5.67. The topological polar surface area (TPSA) is 29.3 Å². The summed E-state index contributed by atoms with van der Waals surface area (Å²) in [7, 11) is 0. The molecule has 1 unspecified atom stereocenters. The lowest BCUT2D eigenvalue weighted by Crippen LogP contribution is -2.25. The molecule has 11 rings (SSSR count). The maximum atomic E-state index is 5.67. The van der Waals surface area contributed by atoms with E-state index < -0.39 is 0 Å². The molecule has 0 saturated heterocycles. The second-order valence-electron chi connectivity index (χ2n) is 13.6. The van der Waals surface area contributed by atoms with E-state index in [-0.39, 0.29) is 6.29 Å². The Morgan fingerprint density at radius 3 is 1.73 bits per heavy atom. The van der Waals surface area contributed by atoms with Gasteiger partial charge in [0, 0.05) is 27.6 Å². The summed E-state index contributed by atoms with van der Waals surface area (Å²) in [6.07, 6.45) is -0.359. The SMILES string of the molecule is c1ccc(-c2ccc3c(c2)C(c2ccc4c5ccccc5c5ccccc5c4c2)=NC(n2c4ccccc4c4cc5ccccc5cc42)N3)cc1. The molecule has 0 spiro atoms. The van der Waals surface area contributed by atoms with Gasteiger partial charge in [0.2, 0.25) is 6.29 Å². The second kappa shape index (κ2) is 10.9. The van der Waals surface area contributed by atoms with E-state index >= 15 is 0 Å². The number of hydrogen-bond acceptors (Lipinski definition) is 2.